The van der Waals surface area contributed by atoms with Gasteiger partial charge in [0.1, 0.15) is 29.2 Å². The Labute approximate surface area is 191 Å². The monoisotopic (exact) mass is 476 g/mol. The van der Waals surface area contributed by atoms with E-state index in [1.807, 2.05) is 11.8 Å². The van der Waals surface area contributed by atoms with Crippen molar-refractivity contribution in [2.24, 2.45) is 5.92 Å². The lowest BCUT2D eigenvalue weighted by molar-refractivity contribution is -0.125. The molecule has 1 fully saturated rings. The van der Waals surface area contributed by atoms with Crippen molar-refractivity contribution in [1.29, 1.82) is 0 Å². The van der Waals surface area contributed by atoms with Crippen molar-refractivity contribution in [2.45, 2.75) is 26.3 Å². The number of carbonyl (C=O) groups excluding carboxylic acids is 2. The largest absolute Gasteiger partial charge is 0.356 e. The molecule has 3 heterocycles. The number of anilines is 2. The van der Waals surface area contributed by atoms with E-state index in [1.165, 1.54) is 17.7 Å². The molecule has 1 aliphatic rings. The van der Waals surface area contributed by atoms with Crippen LogP contribution in [0.15, 0.2) is 29.3 Å². The number of hydrogen-bond donors (Lipinski definition) is 2. The van der Waals surface area contributed by atoms with Crippen LogP contribution in [0.2, 0.25) is 0 Å². The number of hydrogen-bond acceptors (Lipinski definition) is 7. The molecule has 1 aromatic carbocycles. The van der Waals surface area contributed by atoms with Gasteiger partial charge in [-0.15, -0.1) is 0 Å². The minimum absolute atomic E-state index is 0.0320. The number of rotatable bonds is 6. The molecular weight excluding hydrogens is 454 g/mol. The van der Waals surface area contributed by atoms with E-state index in [0.717, 1.165) is 16.7 Å². The molecule has 2 aromatic heterocycles. The molecule has 1 saturated heterocycles. The minimum atomic E-state index is -0.910. The number of thiazole rings is 1. The standard InChI is InChI=1S/C21H22F2N6O3S/c1-2-24-19(31)12-5-7-28(8-6-12)21-27-18-17(33-21)20(32)29(11-25-18)10-16(30)26-15-4-3-13(22)9-14(15)23/h3-4,9,11-12H,2,5-8,10H2,1H3,(H,24,31)(H,26,30). The number of halogens is 2. The van der Waals surface area contributed by atoms with E-state index in [-0.39, 0.29) is 29.7 Å². The number of nitrogens with one attached hydrogen (secondary N) is 2. The Morgan fingerprint density at radius 1 is 1.24 bits per heavy atom. The van der Waals surface area contributed by atoms with Crippen LogP contribution in [0.25, 0.3) is 10.3 Å². The van der Waals surface area contributed by atoms with Gasteiger partial charge in [-0.2, -0.15) is 4.98 Å². The van der Waals surface area contributed by atoms with Crippen molar-refractivity contribution in [3.8, 4) is 0 Å². The Bertz CT molecular complexity index is 1250. The van der Waals surface area contributed by atoms with Crippen molar-refractivity contribution in [2.75, 3.05) is 29.9 Å². The van der Waals surface area contributed by atoms with Crippen LogP contribution < -0.4 is 21.1 Å². The first-order chi connectivity index (χ1) is 15.9. The van der Waals surface area contributed by atoms with Crippen LogP contribution in [0.5, 0.6) is 0 Å². The summed E-state index contributed by atoms with van der Waals surface area (Å²) in [7, 11) is 0. The molecule has 0 saturated carbocycles. The maximum absolute atomic E-state index is 13.8. The second kappa shape index (κ2) is 9.61. The summed E-state index contributed by atoms with van der Waals surface area (Å²) in [5, 5.41) is 5.80. The Morgan fingerprint density at radius 3 is 2.70 bits per heavy atom. The highest BCUT2D eigenvalue weighted by atomic mass is 32.1. The van der Waals surface area contributed by atoms with Crippen molar-refractivity contribution in [1.82, 2.24) is 19.9 Å². The van der Waals surface area contributed by atoms with Crippen LogP contribution in [0, 0.1) is 17.6 Å². The van der Waals surface area contributed by atoms with Crippen LogP contribution in [0.1, 0.15) is 19.8 Å². The van der Waals surface area contributed by atoms with Crippen LogP contribution in [0.3, 0.4) is 0 Å². The fourth-order valence-electron chi connectivity index (χ4n) is 3.67. The molecule has 174 valence electrons. The maximum Gasteiger partial charge on any atom is 0.273 e. The zero-order valence-electron chi connectivity index (χ0n) is 17.8. The fourth-order valence-corrected chi connectivity index (χ4v) is 4.69. The smallest absolute Gasteiger partial charge is 0.273 e. The fraction of sp³-hybridized carbons (Fsp3) is 0.381. The number of aromatic nitrogens is 3. The molecule has 0 atom stereocenters. The molecule has 9 nitrogen and oxygen atoms in total. The number of piperidine rings is 1. The van der Waals surface area contributed by atoms with Crippen molar-refractivity contribution in [3.63, 3.8) is 0 Å². The normalized spacial score (nSPS) is 14.5. The van der Waals surface area contributed by atoms with E-state index in [9.17, 15) is 23.2 Å². The summed E-state index contributed by atoms with van der Waals surface area (Å²) in [5.74, 6) is -2.29. The molecule has 2 N–H and O–H groups in total. The molecule has 0 bridgehead atoms. The van der Waals surface area contributed by atoms with Crippen LogP contribution in [-0.2, 0) is 16.1 Å². The number of nitrogens with zero attached hydrogens (tertiary/aromatic N) is 4. The predicted molar refractivity (Wildman–Crippen MR) is 120 cm³/mol. The van der Waals surface area contributed by atoms with Gasteiger partial charge in [0.15, 0.2) is 10.8 Å². The number of amides is 2. The molecule has 0 aliphatic carbocycles. The third-order valence-corrected chi connectivity index (χ3v) is 6.47. The van der Waals surface area contributed by atoms with Gasteiger partial charge in [-0.1, -0.05) is 11.3 Å². The lowest BCUT2D eigenvalue weighted by Crippen LogP contribution is -2.40. The minimum Gasteiger partial charge on any atom is -0.356 e. The van der Waals surface area contributed by atoms with E-state index in [0.29, 0.717) is 48.4 Å². The Morgan fingerprint density at radius 2 is 2.00 bits per heavy atom. The molecule has 0 spiro atoms. The first-order valence-corrected chi connectivity index (χ1v) is 11.3. The highest BCUT2D eigenvalue weighted by molar-refractivity contribution is 7.22. The predicted octanol–water partition coefficient (Wildman–Crippen LogP) is 2.12. The third-order valence-electron chi connectivity index (χ3n) is 5.38. The van der Waals surface area contributed by atoms with E-state index in [1.54, 1.807) is 0 Å². The summed E-state index contributed by atoms with van der Waals surface area (Å²) in [6.45, 7) is 3.39. The average molecular weight is 477 g/mol. The van der Waals surface area contributed by atoms with Gasteiger partial charge in [0.25, 0.3) is 5.56 Å². The highest BCUT2D eigenvalue weighted by Gasteiger charge is 2.26. The average Bonchev–Trinajstić information content (AvgIpc) is 3.23. The first kappa shape index (κ1) is 22.8. The Balaban J connectivity index is 1.45. The molecule has 12 heteroatoms. The number of benzene rings is 1. The van der Waals surface area contributed by atoms with E-state index in [2.05, 4.69) is 20.6 Å². The quantitative estimate of drug-likeness (QED) is 0.564. The van der Waals surface area contributed by atoms with Gasteiger partial charge in [0.2, 0.25) is 11.8 Å². The second-order valence-corrected chi connectivity index (χ2v) is 8.63. The van der Waals surface area contributed by atoms with E-state index < -0.39 is 23.1 Å². The van der Waals surface area contributed by atoms with Gasteiger partial charge in [-0.05, 0) is 31.9 Å². The molecule has 0 unspecified atom stereocenters. The molecule has 4 rings (SSSR count). The molecule has 2 amide bonds. The van der Waals surface area contributed by atoms with Crippen molar-refractivity contribution < 1.29 is 18.4 Å². The van der Waals surface area contributed by atoms with Gasteiger partial charge < -0.3 is 15.5 Å². The zero-order chi connectivity index (χ0) is 23.5. The van der Waals surface area contributed by atoms with E-state index in [4.69, 9.17) is 0 Å². The lowest BCUT2D eigenvalue weighted by Gasteiger charge is -2.30. The van der Waals surface area contributed by atoms with Crippen molar-refractivity contribution >= 4 is 44.3 Å². The number of fused-ring (bicyclic) bond motifs is 1. The van der Waals surface area contributed by atoms with Crippen molar-refractivity contribution in [3.05, 3.63) is 46.5 Å². The first-order valence-electron chi connectivity index (χ1n) is 10.5. The van der Waals surface area contributed by atoms with Crippen LogP contribution in [-0.4, -0.2) is 46.0 Å². The van der Waals surface area contributed by atoms with Gasteiger partial charge in [0.05, 0.1) is 5.69 Å². The van der Waals surface area contributed by atoms with Gasteiger partial charge in [-0.25, -0.2) is 13.8 Å². The van der Waals surface area contributed by atoms with Gasteiger partial charge in [-0.3, -0.25) is 19.0 Å². The number of carbonyl (C=O) groups is 2. The Kier molecular flexibility index (Phi) is 6.63. The summed E-state index contributed by atoms with van der Waals surface area (Å²) in [5.41, 5.74) is -0.331. The third kappa shape index (κ3) is 5.00. The van der Waals surface area contributed by atoms with E-state index >= 15 is 0 Å². The van der Waals surface area contributed by atoms with Gasteiger partial charge in [0, 0.05) is 31.6 Å². The van der Waals surface area contributed by atoms with Gasteiger partial charge >= 0.3 is 0 Å². The summed E-state index contributed by atoms with van der Waals surface area (Å²) in [4.78, 5) is 47.8. The van der Waals surface area contributed by atoms with Crippen LogP contribution >= 0.6 is 11.3 Å². The molecule has 1 aliphatic heterocycles. The second-order valence-electron chi connectivity index (χ2n) is 7.66. The van der Waals surface area contributed by atoms with Crippen LogP contribution in [0.4, 0.5) is 19.6 Å². The Hall–Kier alpha value is -3.41. The molecule has 33 heavy (non-hydrogen) atoms. The maximum atomic E-state index is 13.8. The topological polar surface area (TPSA) is 109 Å². The molecule has 0 radical (unpaired) electrons. The summed E-state index contributed by atoms with van der Waals surface area (Å²) < 4.78 is 28.2. The lowest BCUT2D eigenvalue weighted by atomic mass is 9.96. The molecule has 3 aromatic rings. The molecular formula is C21H22F2N6O3S. The zero-order valence-corrected chi connectivity index (χ0v) is 18.6. The summed E-state index contributed by atoms with van der Waals surface area (Å²) >= 11 is 1.18. The highest BCUT2D eigenvalue weighted by Crippen LogP contribution is 2.29. The summed E-state index contributed by atoms with van der Waals surface area (Å²) in [6, 6.07) is 2.79. The SMILES string of the molecule is CCNC(=O)C1CCN(c2nc3ncn(CC(=O)Nc4ccc(F)cc4F)c(=O)c3s2)CC1. The summed E-state index contributed by atoms with van der Waals surface area (Å²) in [6.07, 6.45) is 2.61.